The van der Waals surface area contributed by atoms with Gasteiger partial charge in [0.2, 0.25) is 0 Å². The predicted octanol–water partition coefficient (Wildman–Crippen LogP) is 6.20. The highest BCUT2D eigenvalue weighted by Crippen LogP contribution is 2.39. The van der Waals surface area contributed by atoms with Crippen LogP contribution in [0.2, 0.25) is 0 Å². The molecule has 2 N–H and O–H groups in total. The van der Waals surface area contributed by atoms with E-state index < -0.39 is 0 Å². The number of hydrogen-bond donors (Lipinski definition) is 2. The van der Waals surface area contributed by atoms with Gasteiger partial charge in [-0.1, -0.05) is 31.2 Å². The Balaban J connectivity index is 2.39. The van der Waals surface area contributed by atoms with Crippen LogP contribution in [0, 0.1) is 18.4 Å². The second kappa shape index (κ2) is 13.5. The first kappa shape index (κ1) is 26.3. The maximum Gasteiger partial charge on any atom is 0.184 e. The van der Waals surface area contributed by atoms with E-state index in [9.17, 15) is 5.26 Å². The maximum absolute atomic E-state index is 10.1. The van der Waals surface area contributed by atoms with E-state index in [-0.39, 0.29) is 6.04 Å². The Morgan fingerprint density at radius 2 is 1.94 bits per heavy atom. The maximum atomic E-state index is 10.1. The van der Waals surface area contributed by atoms with Crippen molar-refractivity contribution in [1.82, 2.24) is 10.6 Å². The fraction of sp³-hybridized carbons (Fsp3) is 0.370. The van der Waals surface area contributed by atoms with Crippen molar-refractivity contribution in [2.24, 2.45) is 4.99 Å². The first-order valence-electron chi connectivity index (χ1n) is 11.2. The molecule has 174 valence electrons. The molecule has 5 nitrogen and oxygen atoms in total. The summed E-state index contributed by atoms with van der Waals surface area (Å²) in [6, 6.07) is 11.9. The van der Waals surface area contributed by atoms with Crippen LogP contribution in [0.5, 0.6) is 0 Å². The molecule has 1 unspecified atom stereocenters. The Bertz CT molecular complexity index is 1030. The molecule has 0 saturated carbocycles. The fourth-order valence-corrected chi connectivity index (χ4v) is 4.47. The summed E-state index contributed by atoms with van der Waals surface area (Å²) in [4.78, 5) is 7.19. The third kappa shape index (κ3) is 6.76. The molecular formula is C27H35N5S. The molecule has 0 bridgehead atoms. The average Bonchev–Trinajstić information content (AvgIpc) is 2.83. The summed E-state index contributed by atoms with van der Waals surface area (Å²) in [6.07, 6.45) is 7.76. The first-order valence-corrected chi connectivity index (χ1v) is 12.5. The van der Waals surface area contributed by atoms with E-state index >= 15 is 0 Å². The number of nitrogens with one attached hydrogen (secondary N) is 2. The topological polar surface area (TPSA) is 63.4 Å². The van der Waals surface area contributed by atoms with Crippen LogP contribution in [0.15, 0.2) is 58.6 Å². The van der Waals surface area contributed by atoms with Crippen LogP contribution in [0.3, 0.4) is 0 Å². The van der Waals surface area contributed by atoms with E-state index in [0.717, 1.165) is 71.0 Å². The Kier molecular flexibility index (Phi) is 10.8. The third-order valence-electron chi connectivity index (χ3n) is 5.58. The van der Waals surface area contributed by atoms with E-state index in [0.29, 0.717) is 0 Å². The van der Waals surface area contributed by atoms with E-state index in [1.807, 2.05) is 44.5 Å². The first-order chi connectivity index (χ1) is 16.0. The Morgan fingerprint density at radius 1 is 1.21 bits per heavy atom. The smallest absolute Gasteiger partial charge is 0.184 e. The monoisotopic (exact) mass is 461 g/mol. The van der Waals surface area contributed by atoms with Crippen LogP contribution in [-0.4, -0.2) is 33.1 Å². The lowest BCUT2D eigenvalue weighted by Crippen LogP contribution is -2.22. The summed E-state index contributed by atoms with van der Waals surface area (Å²) in [7, 11) is 1.98. The zero-order chi connectivity index (χ0) is 24.2. The summed E-state index contributed by atoms with van der Waals surface area (Å²) >= 11 is 1.63. The van der Waals surface area contributed by atoms with Crippen LogP contribution >= 0.6 is 11.8 Å². The van der Waals surface area contributed by atoms with Crippen molar-refractivity contribution >= 4 is 35.6 Å². The highest BCUT2D eigenvalue weighted by molar-refractivity contribution is 7.98. The molecule has 0 aliphatic carbocycles. The van der Waals surface area contributed by atoms with Gasteiger partial charge in [0.15, 0.2) is 6.19 Å². The number of rotatable bonds is 13. The molecule has 0 amide bonds. The van der Waals surface area contributed by atoms with Crippen molar-refractivity contribution in [2.75, 3.05) is 31.3 Å². The molecule has 0 spiro atoms. The number of unbranched alkanes of at least 4 members (excludes halogenated alkanes) is 2. The number of para-hydroxylation sites is 1. The molecule has 6 heteroatoms. The van der Waals surface area contributed by atoms with Gasteiger partial charge in [0.1, 0.15) is 0 Å². The van der Waals surface area contributed by atoms with Gasteiger partial charge in [-0.2, -0.15) is 5.26 Å². The number of anilines is 1. The summed E-state index contributed by atoms with van der Waals surface area (Å²) in [6.45, 7) is 13.7. The molecular weight excluding hydrogens is 426 g/mol. The molecule has 2 aromatic rings. The zero-order valence-corrected chi connectivity index (χ0v) is 21.1. The molecule has 1 atom stereocenters. The third-order valence-corrected chi connectivity index (χ3v) is 6.37. The van der Waals surface area contributed by atoms with Crippen LogP contribution in [0.25, 0.3) is 5.70 Å². The number of hydrogen-bond acceptors (Lipinski definition) is 6. The Hall–Kier alpha value is -2.97. The van der Waals surface area contributed by atoms with Gasteiger partial charge in [0.25, 0.3) is 0 Å². The molecule has 0 aliphatic rings. The van der Waals surface area contributed by atoms with Crippen LogP contribution < -0.4 is 15.5 Å². The van der Waals surface area contributed by atoms with Gasteiger partial charge in [-0.05, 0) is 77.0 Å². The van der Waals surface area contributed by atoms with Gasteiger partial charge in [0, 0.05) is 22.6 Å². The number of nitrogens with zero attached hydrogens (tertiary/aromatic N) is 3. The van der Waals surface area contributed by atoms with Crippen molar-refractivity contribution in [1.29, 1.82) is 5.26 Å². The lowest BCUT2D eigenvalue weighted by atomic mass is 9.96. The number of aliphatic imine (C=N–C) groups is 1. The van der Waals surface area contributed by atoms with Gasteiger partial charge in [-0.15, -0.1) is 17.5 Å². The van der Waals surface area contributed by atoms with Gasteiger partial charge < -0.3 is 10.6 Å². The lowest BCUT2D eigenvalue weighted by Gasteiger charge is -2.28. The summed E-state index contributed by atoms with van der Waals surface area (Å²) in [5.74, 6) is 0. The molecule has 2 aromatic carbocycles. The highest BCUT2D eigenvalue weighted by Gasteiger charge is 2.24. The second-order valence-corrected chi connectivity index (χ2v) is 8.72. The molecule has 2 rings (SSSR count). The van der Waals surface area contributed by atoms with Crippen molar-refractivity contribution < 1.29 is 0 Å². The highest BCUT2D eigenvalue weighted by atomic mass is 32.2. The largest absolute Gasteiger partial charge is 0.378 e. The van der Waals surface area contributed by atoms with Crippen molar-refractivity contribution in [3.05, 3.63) is 65.4 Å². The molecule has 0 radical (unpaired) electrons. The van der Waals surface area contributed by atoms with E-state index in [1.165, 1.54) is 0 Å². The van der Waals surface area contributed by atoms with Crippen LogP contribution in [0.1, 0.15) is 48.9 Å². The normalized spacial score (nSPS) is 11.2. The molecule has 0 saturated heterocycles. The summed E-state index contributed by atoms with van der Waals surface area (Å²) < 4.78 is 0. The standard InChI is InChI=1S/C27H35N5S/c1-7-24(31-16-12-8-11-15-29-4)23-18-20(2)17-22(27(23)30-5)21(3)32(19-28)25-13-9-10-14-26(25)33-6/h9-10,13-14,17-18,21,29,31H,1,5,8,11-12,15-16H2,2-4,6H3. The van der Waals surface area contributed by atoms with Gasteiger partial charge >= 0.3 is 0 Å². The van der Waals surface area contributed by atoms with E-state index in [2.05, 4.69) is 59.9 Å². The number of benzene rings is 2. The fourth-order valence-electron chi connectivity index (χ4n) is 3.88. The lowest BCUT2D eigenvalue weighted by molar-refractivity contribution is 0.631. The van der Waals surface area contributed by atoms with E-state index in [4.69, 9.17) is 0 Å². The van der Waals surface area contributed by atoms with Gasteiger partial charge in [-0.25, -0.2) is 0 Å². The molecule has 33 heavy (non-hydrogen) atoms. The number of thioether (sulfide) groups is 1. The van der Waals surface area contributed by atoms with E-state index in [1.54, 1.807) is 16.7 Å². The quantitative estimate of drug-likeness (QED) is 0.0928. The van der Waals surface area contributed by atoms with Crippen molar-refractivity contribution in [3.63, 3.8) is 0 Å². The Labute approximate surface area is 203 Å². The van der Waals surface area contributed by atoms with Crippen LogP contribution in [-0.2, 0) is 0 Å². The molecule has 0 aromatic heterocycles. The summed E-state index contributed by atoms with van der Waals surface area (Å²) in [5.41, 5.74) is 8.45. The molecule has 0 fully saturated rings. The minimum atomic E-state index is -0.227. The number of nitriles is 1. The average molecular weight is 462 g/mol. The van der Waals surface area contributed by atoms with Gasteiger partial charge in [-0.3, -0.25) is 9.89 Å². The minimum Gasteiger partial charge on any atom is -0.378 e. The van der Waals surface area contributed by atoms with Crippen LogP contribution in [0.4, 0.5) is 11.4 Å². The second-order valence-electron chi connectivity index (χ2n) is 7.87. The van der Waals surface area contributed by atoms with Crippen molar-refractivity contribution in [2.45, 2.75) is 44.0 Å². The molecule has 0 heterocycles. The summed E-state index contributed by atoms with van der Waals surface area (Å²) in [5, 5.41) is 16.7. The Morgan fingerprint density at radius 3 is 2.58 bits per heavy atom. The zero-order valence-electron chi connectivity index (χ0n) is 20.2. The SMILES string of the molecule is C=C=C(NCCCCCNC)c1cc(C)cc(C(C)N(C#N)c2ccccc2SC)c1N=C. The molecule has 0 aliphatic heterocycles. The predicted molar refractivity (Wildman–Crippen MR) is 143 cm³/mol. The van der Waals surface area contributed by atoms with Gasteiger partial charge in [0.05, 0.1) is 23.1 Å². The van der Waals surface area contributed by atoms with Crippen molar-refractivity contribution in [3.8, 4) is 6.19 Å². The number of aryl methyl sites for hydroxylation is 1. The minimum absolute atomic E-state index is 0.227.